The number of amides is 1. The summed E-state index contributed by atoms with van der Waals surface area (Å²) in [6.07, 6.45) is -4.81. The van der Waals surface area contributed by atoms with Gasteiger partial charge < -0.3 is 24.4 Å². The number of fused-ring (bicyclic) bond motifs is 1. The maximum absolute atomic E-state index is 13.9. The summed E-state index contributed by atoms with van der Waals surface area (Å²) in [5, 5.41) is 7.11. The Morgan fingerprint density at radius 1 is 1.16 bits per heavy atom. The molecule has 0 bridgehead atoms. The van der Waals surface area contributed by atoms with E-state index < -0.39 is 24.2 Å². The van der Waals surface area contributed by atoms with Gasteiger partial charge >= 0.3 is 6.18 Å². The fraction of sp³-hybridized carbons (Fsp3) is 0.500. The molecule has 1 N–H and O–H groups in total. The molecule has 1 aromatic carbocycles. The number of alkyl halides is 3. The van der Waals surface area contributed by atoms with E-state index in [1.807, 2.05) is 0 Å². The molecule has 1 amide bonds. The number of carbonyl (C=O) groups is 1. The number of halogens is 3. The van der Waals surface area contributed by atoms with Gasteiger partial charge in [0.05, 0.1) is 33.5 Å². The van der Waals surface area contributed by atoms with Crippen LogP contribution in [0.1, 0.15) is 34.6 Å². The summed E-state index contributed by atoms with van der Waals surface area (Å²) >= 11 is 0. The fourth-order valence-corrected chi connectivity index (χ4v) is 3.89. The van der Waals surface area contributed by atoms with Crippen molar-refractivity contribution in [3.63, 3.8) is 0 Å². The SMILES string of the molecule is COc1ccc([C@H]2C[C@H](C(F)(F)F)n3nc(C(=O)N4CCOCC4)cc3N2)cc1OC. The molecule has 2 atom stereocenters. The Morgan fingerprint density at radius 2 is 1.87 bits per heavy atom. The lowest BCUT2D eigenvalue weighted by atomic mass is 9.96. The van der Waals surface area contributed by atoms with Crippen molar-refractivity contribution < 1.29 is 32.2 Å². The zero-order chi connectivity index (χ0) is 22.2. The van der Waals surface area contributed by atoms with Gasteiger partial charge in [-0.2, -0.15) is 18.3 Å². The molecule has 8 nitrogen and oxygen atoms in total. The maximum Gasteiger partial charge on any atom is 0.410 e. The van der Waals surface area contributed by atoms with Crippen molar-refractivity contribution in [2.75, 3.05) is 45.8 Å². The standard InChI is InChI=1S/C20H23F3N4O4/c1-29-15-4-3-12(9-16(15)30-2)13-10-17(20(21,22)23)27-18(24-13)11-14(25-27)19(28)26-5-7-31-8-6-26/h3-4,9,11,13,17,24H,5-8,10H2,1-2H3/t13-,17-/m1/s1. The molecule has 0 saturated carbocycles. The van der Waals surface area contributed by atoms with E-state index in [1.165, 1.54) is 25.2 Å². The summed E-state index contributed by atoms with van der Waals surface area (Å²) < 4.78 is 58.3. The van der Waals surface area contributed by atoms with Crippen molar-refractivity contribution >= 4 is 11.7 Å². The number of aromatic nitrogens is 2. The Labute approximate surface area is 176 Å². The van der Waals surface area contributed by atoms with Crippen LogP contribution in [0.4, 0.5) is 19.0 Å². The third-order valence-electron chi connectivity index (χ3n) is 5.52. The van der Waals surface area contributed by atoms with Crippen molar-refractivity contribution in [3.05, 3.63) is 35.5 Å². The number of morpholine rings is 1. The first-order valence-corrected chi connectivity index (χ1v) is 9.83. The highest BCUT2D eigenvalue weighted by molar-refractivity contribution is 5.93. The van der Waals surface area contributed by atoms with Crippen LogP contribution in [0.3, 0.4) is 0 Å². The predicted molar refractivity (Wildman–Crippen MR) is 105 cm³/mol. The predicted octanol–water partition coefficient (Wildman–Crippen LogP) is 3.03. The summed E-state index contributed by atoms with van der Waals surface area (Å²) in [7, 11) is 2.95. The topological polar surface area (TPSA) is 77.9 Å². The van der Waals surface area contributed by atoms with Crippen LogP contribution in [-0.4, -0.2) is 67.3 Å². The molecule has 1 saturated heterocycles. The molecule has 1 fully saturated rings. The Balaban J connectivity index is 1.66. The Bertz CT molecular complexity index is 956. The molecule has 2 aliphatic heterocycles. The highest BCUT2D eigenvalue weighted by Crippen LogP contribution is 2.44. The van der Waals surface area contributed by atoms with E-state index in [4.69, 9.17) is 14.2 Å². The molecule has 2 aromatic rings. The molecule has 31 heavy (non-hydrogen) atoms. The molecule has 1 aromatic heterocycles. The first-order valence-electron chi connectivity index (χ1n) is 9.83. The van der Waals surface area contributed by atoms with Crippen LogP contribution in [0.5, 0.6) is 11.5 Å². The van der Waals surface area contributed by atoms with Crippen molar-refractivity contribution in [2.45, 2.75) is 24.7 Å². The van der Waals surface area contributed by atoms with Gasteiger partial charge in [0, 0.05) is 25.6 Å². The van der Waals surface area contributed by atoms with E-state index in [0.29, 0.717) is 43.4 Å². The average Bonchev–Trinajstić information content (AvgIpc) is 3.21. The Kier molecular flexibility index (Phi) is 5.69. The van der Waals surface area contributed by atoms with Gasteiger partial charge in [-0.15, -0.1) is 0 Å². The van der Waals surface area contributed by atoms with Crippen molar-refractivity contribution in [2.24, 2.45) is 0 Å². The van der Waals surface area contributed by atoms with Crippen molar-refractivity contribution in [1.82, 2.24) is 14.7 Å². The molecule has 0 spiro atoms. The molecule has 0 radical (unpaired) electrons. The van der Waals surface area contributed by atoms with Crippen LogP contribution >= 0.6 is 0 Å². The highest BCUT2D eigenvalue weighted by Gasteiger charge is 2.47. The van der Waals surface area contributed by atoms with Gasteiger partial charge in [-0.05, 0) is 17.7 Å². The minimum absolute atomic E-state index is 0.0217. The number of hydrogen-bond acceptors (Lipinski definition) is 6. The Morgan fingerprint density at radius 3 is 2.52 bits per heavy atom. The van der Waals surface area contributed by atoms with E-state index in [-0.39, 0.29) is 17.9 Å². The first kappa shape index (κ1) is 21.3. The third kappa shape index (κ3) is 4.14. The number of hydrogen-bond donors (Lipinski definition) is 1. The van der Waals surface area contributed by atoms with E-state index in [2.05, 4.69) is 10.4 Å². The summed E-state index contributed by atoms with van der Waals surface area (Å²) in [6, 6.07) is 3.85. The van der Waals surface area contributed by atoms with Gasteiger partial charge in [-0.25, -0.2) is 4.68 Å². The molecule has 168 valence electrons. The van der Waals surface area contributed by atoms with Crippen LogP contribution in [0.25, 0.3) is 0 Å². The lowest BCUT2D eigenvalue weighted by molar-refractivity contribution is -0.173. The molecule has 11 heteroatoms. The van der Waals surface area contributed by atoms with E-state index in [1.54, 1.807) is 18.2 Å². The van der Waals surface area contributed by atoms with Crippen molar-refractivity contribution in [3.8, 4) is 11.5 Å². The maximum atomic E-state index is 13.9. The van der Waals surface area contributed by atoms with Gasteiger partial charge in [0.15, 0.2) is 23.2 Å². The largest absolute Gasteiger partial charge is 0.493 e. The number of benzene rings is 1. The molecule has 3 heterocycles. The molecule has 4 rings (SSSR count). The Hall–Kier alpha value is -2.95. The number of rotatable bonds is 4. The first-order chi connectivity index (χ1) is 14.8. The number of ether oxygens (including phenoxy) is 3. The summed E-state index contributed by atoms with van der Waals surface area (Å²) in [4.78, 5) is 14.3. The number of anilines is 1. The molecular weight excluding hydrogens is 417 g/mol. The van der Waals surface area contributed by atoms with Crippen LogP contribution in [0, 0.1) is 0 Å². The number of nitrogens with one attached hydrogen (secondary N) is 1. The fourth-order valence-electron chi connectivity index (χ4n) is 3.89. The van der Waals surface area contributed by atoms with Crippen LogP contribution < -0.4 is 14.8 Å². The summed E-state index contributed by atoms with van der Waals surface area (Å²) in [6.45, 7) is 1.55. The highest BCUT2D eigenvalue weighted by atomic mass is 19.4. The minimum Gasteiger partial charge on any atom is -0.493 e. The monoisotopic (exact) mass is 440 g/mol. The number of methoxy groups -OCH3 is 2. The normalized spacial score (nSPS) is 21.3. The van der Waals surface area contributed by atoms with Gasteiger partial charge in [-0.1, -0.05) is 6.07 Å². The van der Waals surface area contributed by atoms with Gasteiger partial charge in [0.2, 0.25) is 0 Å². The zero-order valence-corrected chi connectivity index (χ0v) is 17.1. The van der Waals surface area contributed by atoms with Gasteiger partial charge in [-0.3, -0.25) is 4.79 Å². The zero-order valence-electron chi connectivity index (χ0n) is 17.1. The summed E-state index contributed by atoms with van der Waals surface area (Å²) in [5.74, 6) is 0.644. The van der Waals surface area contributed by atoms with Crippen molar-refractivity contribution in [1.29, 1.82) is 0 Å². The second kappa shape index (κ2) is 8.29. The number of nitrogens with zero attached hydrogens (tertiary/aromatic N) is 3. The van der Waals surface area contributed by atoms with E-state index in [9.17, 15) is 18.0 Å². The second-order valence-corrected chi connectivity index (χ2v) is 7.37. The third-order valence-corrected chi connectivity index (χ3v) is 5.52. The molecule has 0 unspecified atom stereocenters. The summed E-state index contributed by atoms with van der Waals surface area (Å²) in [5.41, 5.74) is 0.590. The quantitative estimate of drug-likeness (QED) is 0.788. The molecular formula is C20H23F3N4O4. The van der Waals surface area contributed by atoms with Crippen LogP contribution in [-0.2, 0) is 4.74 Å². The lowest BCUT2D eigenvalue weighted by Crippen LogP contribution is -2.41. The number of carbonyl (C=O) groups excluding carboxylic acids is 1. The molecule has 2 aliphatic rings. The van der Waals surface area contributed by atoms with Crippen LogP contribution in [0.15, 0.2) is 24.3 Å². The average molecular weight is 440 g/mol. The minimum atomic E-state index is -4.53. The lowest BCUT2D eigenvalue weighted by Gasteiger charge is -2.33. The van der Waals surface area contributed by atoms with E-state index in [0.717, 1.165) is 4.68 Å². The second-order valence-electron chi connectivity index (χ2n) is 7.37. The van der Waals surface area contributed by atoms with Crippen LogP contribution in [0.2, 0.25) is 0 Å². The van der Waals surface area contributed by atoms with Gasteiger partial charge in [0.25, 0.3) is 5.91 Å². The van der Waals surface area contributed by atoms with Gasteiger partial charge in [0.1, 0.15) is 5.82 Å². The van der Waals surface area contributed by atoms with E-state index >= 15 is 0 Å². The molecule has 0 aliphatic carbocycles. The smallest absolute Gasteiger partial charge is 0.410 e.